The van der Waals surface area contributed by atoms with Gasteiger partial charge in [-0.05, 0) is 49.6 Å². The summed E-state index contributed by atoms with van der Waals surface area (Å²) in [7, 11) is -3.33. The fraction of sp³-hybridized carbons (Fsp3) is 0.538. The molecule has 6 heteroatoms. The van der Waals surface area contributed by atoms with Gasteiger partial charge < -0.3 is 5.32 Å². The lowest BCUT2D eigenvalue weighted by Crippen LogP contribution is -2.46. The van der Waals surface area contributed by atoms with Crippen molar-refractivity contribution in [2.45, 2.75) is 23.8 Å². The van der Waals surface area contributed by atoms with Crippen molar-refractivity contribution in [3.05, 3.63) is 28.7 Å². The number of rotatable bonds is 2. The fourth-order valence-electron chi connectivity index (χ4n) is 2.99. The molecule has 2 heterocycles. The number of benzene rings is 1. The van der Waals surface area contributed by atoms with Gasteiger partial charge in [0.1, 0.15) is 0 Å². The van der Waals surface area contributed by atoms with E-state index in [2.05, 4.69) is 21.2 Å². The second-order valence-corrected chi connectivity index (χ2v) is 8.07. The summed E-state index contributed by atoms with van der Waals surface area (Å²) >= 11 is 3.33. The molecule has 0 saturated carbocycles. The number of hydrogen-bond donors (Lipinski definition) is 1. The van der Waals surface area contributed by atoms with Crippen molar-refractivity contribution in [2.24, 2.45) is 5.92 Å². The van der Waals surface area contributed by atoms with Gasteiger partial charge in [-0.15, -0.1) is 0 Å². The zero-order valence-corrected chi connectivity index (χ0v) is 13.0. The van der Waals surface area contributed by atoms with Crippen molar-refractivity contribution < 1.29 is 8.42 Å². The van der Waals surface area contributed by atoms with E-state index in [0.29, 0.717) is 29.9 Å². The van der Waals surface area contributed by atoms with E-state index < -0.39 is 10.0 Å². The molecule has 4 nitrogen and oxygen atoms in total. The molecule has 2 aliphatic heterocycles. The van der Waals surface area contributed by atoms with Crippen molar-refractivity contribution in [1.82, 2.24) is 9.62 Å². The van der Waals surface area contributed by atoms with E-state index in [4.69, 9.17) is 0 Å². The molecule has 0 spiro atoms. The maximum atomic E-state index is 12.6. The highest BCUT2D eigenvalue weighted by Gasteiger charge is 2.37. The summed E-state index contributed by atoms with van der Waals surface area (Å²) in [6, 6.07) is 7.39. The quantitative estimate of drug-likeness (QED) is 0.890. The van der Waals surface area contributed by atoms with Crippen LogP contribution in [-0.4, -0.2) is 38.4 Å². The van der Waals surface area contributed by atoms with Crippen LogP contribution in [0.25, 0.3) is 0 Å². The Hall–Kier alpha value is -0.430. The Kier molecular flexibility index (Phi) is 3.68. The molecule has 2 aliphatic rings. The summed E-state index contributed by atoms with van der Waals surface area (Å²) in [6.45, 7) is 2.28. The molecule has 19 heavy (non-hydrogen) atoms. The van der Waals surface area contributed by atoms with Crippen molar-refractivity contribution >= 4 is 26.0 Å². The lowest BCUT2D eigenvalue weighted by molar-refractivity contribution is 0.247. The van der Waals surface area contributed by atoms with Gasteiger partial charge in [-0.1, -0.05) is 15.9 Å². The number of piperidine rings is 1. The Morgan fingerprint density at radius 1 is 1.21 bits per heavy atom. The Morgan fingerprint density at radius 3 is 2.68 bits per heavy atom. The van der Waals surface area contributed by atoms with Crippen LogP contribution in [0.1, 0.15) is 12.8 Å². The molecule has 0 aromatic heterocycles. The van der Waals surface area contributed by atoms with Gasteiger partial charge in [-0.3, -0.25) is 0 Å². The molecule has 2 saturated heterocycles. The van der Waals surface area contributed by atoms with Gasteiger partial charge in [0.2, 0.25) is 10.0 Å². The molecule has 1 N–H and O–H groups in total. The minimum Gasteiger partial charge on any atom is -0.314 e. The van der Waals surface area contributed by atoms with Gasteiger partial charge in [0, 0.05) is 23.6 Å². The first-order valence-corrected chi connectivity index (χ1v) is 8.80. The van der Waals surface area contributed by atoms with Gasteiger partial charge in [0.15, 0.2) is 0 Å². The maximum Gasteiger partial charge on any atom is 0.243 e. The molecule has 1 aromatic rings. The topological polar surface area (TPSA) is 49.4 Å². The molecular weight excluding hydrogens is 328 g/mol. The molecular formula is C13H17BrN2O2S. The van der Waals surface area contributed by atoms with Crippen LogP contribution in [0, 0.1) is 5.92 Å². The highest BCUT2D eigenvalue weighted by molar-refractivity contribution is 9.10. The van der Waals surface area contributed by atoms with Crippen molar-refractivity contribution in [3.63, 3.8) is 0 Å². The fourth-order valence-corrected chi connectivity index (χ4v) is 4.76. The first kappa shape index (κ1) is 13.5. The molecule has 2 fully saturated rings. The average Bonchev–Trinajstić information content (AvgIpc) is 2.86. The first-order chi connectivity index (χ1) is 9.07. The van der Waals surface area contributed by atoms with Gasteiger partial charge in [0.05, 0.1) is 4.90 Å². The first-order valence-electron chi connectivity index (χ1n) is 6.56. The van der Waals surface area contributed by atoms with Crippen LogP contribution >= 0.6 is 15.9 Å². The summed E-state index contributed by atoms with van der Waals surface area (Å²) in [6.07, 6.45) is 2.00. The van der Waals surface area contributed by atoms with E-state index in [-0.39, 0.29) is 0 Å². The van der Waals surface area contributed by atoms with E-state index >= 15 is 0 Å². The zero-order valence-electron chi connectivity index (χ0n) is 10.5. The van der Waals surface area contributed by atoms with E-state index in [1.807, 2.05) is 0 Å². The summed E-state index contributed by atoms with van der Waals surface area (Å²) in [4.78, 5) is 0.389. The van der Waals surface area contributed by atoms with Crippen molar-refractivity contribution in [1.29, 1.82) is 0 Å². The minimum atomic E-state index is -3.33. The Bertz CT molecular complexity index is 559. The third-order valence-corrected chi connectivity index (χ3v) is 6.48. The number of hydrogen-bond acceptors (Lipinski definition) is 3. The van der Waals surface area contributed by atoms with Crippen LogP contribution in [0.4, 0.5) is 0 Å². The average molecular weight is 345 g/mol. The Morgan fingerprint density at radius 2 is 1.95 bits per heavy atom. The van der Waals surface area contributed by atoms with Crippen LogP contribution in [0.3, 0.4) is 0 Å². The molecule has 104 valence electrons. The van der Waals surface area contributed by atoms with E-state index in [0.717, 1.165) is 23.9 Å². The Balaban J connectivity index is 1.82. The van der Waals surface area contributed by atoms with E-state index in [1.54, 1.807) is 28.6 Å². The summed E-state index contributed by atoms with van der Waals surface area (Å²) < 4.78 is 27.7. The number of nitrogens with one attached hydrogen (secondary N) is 1. The minimum absolute atomic E-state index is 0.389. The molecule has 3 rings (SSSR count). The highest BCUT2D eigenvalue weighted by atomic mass is 79.9. The van der Waals surface area contributed by atoms with Crippen molar-refractivity contribution in [3.8, 4) is 0 Å². The van der Waals surface area contributed by atoms with Crippen molar-refractivity contribution in [2.75, 3.05) is 19.6 Å². The lowest BCUT2D eigenvalue weighted by Gasteiger charge is -2.33. The molecule has 0 amide bonds. The smallest absolute Gasteiger partial charge is 0.243 e. The van der Waals surface area contributed by atoms with Crippen LogP contribution < -0.4 is 5.32 Å². The summed E-state index contributed by atoms with van der Waals surface area (Å²) in [5.74, 6) is 0.471. The molecule has 0 bridgehead atoms. The van der Waals surface area contributed by atoms with Gasteiger partial charge >= 0.3 is 0 Å². The van der Waals surface area contributed by atoms with E-state index in [9.17, 15) is 8.42 Å². The number of sulfonamides is 1. The predicted molar refractivity (Wildman–Crippen MR) is 77.4 cm³/mol. The monoisotopic (exact) mass is 344 g/mol. The molecule has 1 aromatic carbocycles. The van der Waals surface area contributed by atoms with E-state index in [1.165, 1.54) is 0 Å². The third-order valence-electron chi connectivity index (χ3n) is 4.07. The number of halogens is 1. The SMILES string of the molecule is O=S(=O)(c1ccc(Br)cc1)N1CCC2NCCC2C1. The second kappa shape index (κ2) is 5.16. The highest BCUT2D eigenvalue weighted by Crippen LogP contribution is 2.28. The van der Waals surface area contributed by atoms with Gasteiger partial charge in [0.25, 0.3) is 0 Å². The summed E-state index contributed by atoms with van der Waals surface area (Å²) in [5, 5.41) is 3.45. The zero-order chi connectivity index (χ0) is 13.5. The Labute approximate surface area is 122 Å². The maximum absolute atomic E-state index is 12.6. The largest absolute Gasteiger partial charge is 0.314 e. The molecule has 0 radical (unpaired) electrons. The molecule has 2 atom stereocenters. The van der Waals surface area contributed by atoms with Crippen LogP contribution in [-0.2, 0) is 10.0 Å². The lowest BCUT2D eigenvalue weighted by atomic mass is 9.95. The van der Waals surface area contributed by atoms with Crippen LogP contribution in [0.15, 0.2) is 33.6 Å². The van der Waals surface area contributed by atoms with Crippen LogP contribution in [0.2, 0.25) is 0 Å². The van der Waals surface area contributed by atoms with Gasteiger partial charge in [-0.2, -0.15) is 4.31 Å². The normalized spacial score (nSPS) is 28.3. The molecule has 2 unspecified atom stereocenters. The number of nitrogens with zero attached hydrogens (tertiary/aromatic N) is 1. The predicted octanol–water partition coefficient (Wildman–Crippen LogP) is 1.82. The summed E-state index contributed by atoms with van der Waals surface area (Å²) in [5.41, 5.74) is 0. The number of fused-ring (bicyclic) bond motifs is 1. The second-order valence-electron chi connectivity index (χ2n) is 5.22. The third kappa shape index (κ3) is 2.59. The van der Waals surface area contributed by atoms with Crippen LogP contribution in [0.5, 0.6) is 0 Å². The standard InChI is InChI=1S/C13H17BrN2O2S/c14-11-1-3-12(4-2-11)19(17,18)16-8-6-13-10(9-16)5-7-15-13/h1-4,10,13,15H,5-9H2. The van der Waals surface area contributed by atoms with Gasteiger partial charge in [-0.25, -0.2) is 8.42 Å². The molecule has 0 aliphatic carbocycles.